The van der Waals surface area contributed by atoms with Crippen molar-refractivity contribution in [1.29, 1.82) is 0 Å². The molecule has 0 atom stereocenters. The molecule has 2 rings (SSSR count). The molecular weight excluding hydrogens is 322 g/mol. The van der Waals surface area contributed by atoms with Gasteiger partial charge in [-0.1, -0.05) is 32.9 Å². The molecule has 0 aliphatic carbocycles. The number of aromatic nitrogens is 2. The van der Waals surface area contributed by atoms with Crippen LogP contribution in [0.25, 0.3) is 0 Å². The first-order chi connectivity index (χ1) is 11.1. The van der Waals surface area contributed by atoms with Crippen LogP contribution in [0.15, 0.2) is 30.5 Å². The Morgan fingerprint density at radius 3 is 2.21 bits per heavy atom. The summed E-state index contributed by atoms with van der Waals surface area (Å²) >= 11 is 0. The minimum absolute atomic E-state index is 0.0533. The zero-order valence-corrected chi connectivity index (χ0v) is 16.1. The van der Waals surface area contributed by atoms with Crippen molar-refractivity contribution < 1.29 is 13.9 Å². The van der Waals surface area contributed by atoms with E-state index in [4.69, 9.17) is 19.6 Å². The van der Waals surface area contributed by atoms with Crippen molar-refractivity contribution >= 4 is 14.1 Å². The lowest BCUT2D eigenvalue weighted by atomic mass is 10.2. The van der Waals surface area contributed by atoms with Crippen LogP contribution in [-0.4, -0.2) is 25.4 Å². The number of ether oxygens (including phenoxy) is 2. The fourth-order valence-electron chi connectivity index (χ4n) is 1.70. The van der Waals surface area contributed by atoms with Gasteiger partial charge in [-0.3, -0.25) is 0 Å². The van der Waals surface area contributed by atoms with Crippen LogP contribution in [0.4, 0.5) is 5.82 Å². The van der Waals surface area contributed by atoms with Crippen molar-refractivity contribution in [2.75, 3.05) is 12.8 Å². The second kappa shape index (κ2) is 6.68. The molecule has 2 N–H and O–H groups in total. The molecule has 0 saturated carbocycles. The quantitative estimate of drug-likeness (QED) is 0.815. The number of rotatable bonds is 5. The molecule has 1 heterocycles. The first-order valence-corrected chi connectivity index (χ1v) is 10.7. The number of methoxy groups -OCH3 is 1. The van der Waals surface area contributed by atoms with E-state index in [9.17, 15) is 0 Å². The average molecular weight is 347 g/mol. The SMILES string of the molecule is COc1ccccc1Oc1cnc(O[Si](C)(C)C(C)(C)C)nc1N. The highest BCUT2D eigenvalue weighted by atomic mass is 28.4. The van der Waals surface area contributed by atoms with E-state index in [1.54, 1.807) is 19.2 Å². The van der Waals surface area contributed by atoms with Gasteiger partial charge in [-0.2, -0.15) is 4.98 Å². The Morgan fingerprint density at radius 2 is 1.67 bits per heavy atom. The smallest absolute Gasteiger partial charge is 0.304 e. The summed E-state index contributed by atoms with van der Waals surface area (Å²) < 4.78 is 17.1. The zero-order chi connectivity index (χ0) is 18.0. The van der Waals surface area contributed by atoms with E-state index in [0.717, 1.165) is 0 Å². The van der Waals surface area contributed by atoms with Crippen molar-refractivity contribution in [3.8, 4) is 23.3 Å². The molecule has 0 bridgehead atoms. The molecule has 7 heteroatoms. The molecule has 0 aliphatic heterocycles. The van der Waals surface area contributed by atoms with E-state index in [-0.39, 0.29) is 16.9 Å². The maximum absolute atomic E-state index is 6.05. The highest BCUT2D eigenvalue weighted by molar-refractivity contribution is 6.74. The van der Waals surface area contributed by atoms with Gasteiger partial charge in [0, 0.05) is 0 Å². The number of anilines is 1. The first-order valence-electron chi connectivity index (χ1n) is 7.76. The Hall–Kier alpha value is -2.28. The van der Waals surface area contributed by atoms with Gasteiger partial charge in [0.2, 0.25) is 0 Å². The summed E-state index contributed by atoms with van der Waals surface area (Å²) in [5, 5.41) is 0.0533. The van der Waals surface area contributed by atoms with Gasteiger partial charge < -0.3 is 19.6 Å². The molecular formula is C17H25N3O3Si. The summed E-state index contributed by atoms with van der Waals surface area (Å²) in [6.07, 6.45) is 1.53. The minimum Gasteiger partial charge on any atom is -0.517 e. The molecule has 24 heavy (non-hydrogen) atoms. The summed E-state index contributed by atoms with van der Waals surface area (Å²) in [7, 11) is -0.435. The van der Waals surface area contributed by atoms with Gasteiger partial charge in [-0.05, 0) is 30.3 Å². The van der Waals surface area contributed by atoms with E-state index < -0.39 is 8.32 Å². The number of hydrogen-bond donors (Lipinski definition) is 1. The van der Waals surface area contributed by atoms with Gasteiger partial charge in [0.05, 0.1) is 13.3 Å². The molecule has 0 aliphatic rings. The lowest BCUT2D eigenvalue weighted by Crippen LogP contribution is -2.44. The standard InChI is InChI=1S/C17H25N3O3Si/c1-17(2,3)24(5,6)23-16-19-11-14(15(18)20-16)22-13-10-8-7-9-12(13)21-4/h7-11H,1-6H3,(H2,18,19,20). The van der Waals surface area contributed by atoms with Crippen molar-refractivity contribution in [2.24, 2.45) is 0 Å². The molecule has 130 valence electrons. The summed E-state index contributed by atoms with van der Waals surface area (Å²) in [6, 6.07) is 7.59. The van der Waals surface area contributed by atoms with Crippen LogP contribution in [0.1, 0.15) is 20.8 Å². The predicted molar refractivity (Wildman–Crippen MR) is 97.3 cm³/mol. The molecule has 0 saturated heterocycles. The van der Waals surface area contributed by atoms with Crippen LogP contribution in [0.3, 0.4) is 0 Å². The minimum atomic E-state index is -2.02. The van der Waals surface area contributed by atoms with Gasteiger partial charge in [-0.15, -0.1) is 0 Å². The van der Waals surface area contributed by atoms with Gasteiger partial charge in [-0.25, -0.2) is 4.98 Å². The Labute approximate surface area is 144 Å². The summed E-state index contributed by atoms with van der Waals surface area (Å²) in [4.78, 5) is 8.48. The Balaban J connectivity index is 2.21. The van der Waals surface area contributed by atoms with E-state index in [1.165, 1.54) is 6.20 Å². The van der Waals surface area contributed by atoms with Crippen LogP contribution in [0, 0.1) is 0 Å². The normalized spacial score (nSPS) is 11.9. The van der Waals surface area contributed by atoms with E-state index in [1.807, 2.05) is 12.1 Å². The first kappa shape index (κ1) is 18.1. The fraction of sp³-hybridized carbons (Fsp3) is 0.412. The number of para-hydroxylation sites is 2. The second-order valence-corrected chi connectivity index (χ2v) is 11.7. The molecule has 0 amide bonds. The molecule has 2 aromatic rings. The molecule has 0 fully saturated rings. The molecule has 0 unspecified atom stereocenters. The topological polar surface area (TPSA) is 79.5 Å². The number of hydrogen-bond acceptors (Lipinski definition) is 6. The maximum Gasteiger partial charge on any atom is 0.304 e. The Bertz CT molecular complexity index is 714. The van der Waals surface area contributed by atoms with Crippen molar-refractivity contribution in [1.82, 2.24) is 9.97 Å². The molecule has 6 nitrogen and oxygen atoms in total. The van der Waals surface area contributed by atoms with E-state index in [0.29, 0.717) is 17.2 Å². The summed E-state index contributed by atoms with van der Waals surface area (Å²) in [5.74, 6) is 1.75. The third kappa shape index (κ3) is 3.97. The van der Waals surface area contributed by atoms with E-state index in [2.05, 4.69) is 43.8 Å². The summed E-state index contributed by atoms with van der Waals surface area (Å²) in [5.41, 5.74) is 6.01. The number of nitrogens with two attached hydrogens (primary N) is 1. The number of benzene rings is 1. The van der Waals surface area contributed by atoms with Crippen LogP contribution in [0.2, 0.25) is 18.1 Å². The van der Waals surface area contributed by atoms with Crippen LogP contribution in [0.5, 0.6) is 23.3 Å². The largest absolute Gasteiger partial charge is 0.517 e. The molecule has 1 aromatic carbocycles. The second-order valence-electron chi connectivity index (χ2n) is 7.02. The fourth-order valence-corrected chi connectivity index (χ4v) is 2.56. The Kier molecular flexibility index (Phi) is 5.03. The van der Waals surface area contributed by atoms with Crippen molar-refractivity contribution in [3.05, 3.63) is 30.5 Å². The zero-order valence-electron chi connectivity index (χ0n) is 15.1. The van der Waals surface area contributed by atoms with Crippen molar-refractivity contribution in [3.63, 3.8) is 0 Å². The number of nitrogen functional groups attached to an aromatic ring is 1. The van der Waals surface area contributed by atoms with Crippen LogP contribution < -0.4 is 19.6 Å². The molecule has 0 radical (unpaired) electrons. The third-order valence-corrected chi connectivity index (χ3v) is 8.51. The van der Waals surface area contributed by atoms with Gasteiger partial charge in [0.15, 0.2) is 23.1 Å². The van der Waals surface area contributed by atoms with Gasteiger partial charge in [0.1, 0.15) is 0 Å². The van der Waals surface area contributed by atoms with E-state index >= 15 is 0 Å². The lowest BCUT2D eigenvalue weighted by molar-refractivity contribution is 0.377. The average Bonchev–Trinajstić information content (AvgIpc) is 2.49. The monoisotopic (exact) mass is 347 g/mol. The van der Waals surface area contributed by atoms with Gasteiger partial charge >= 0.3 is 6.01 Å². The molecule has 1 aromatic heterocycles. The Morgan fingerprint density at radius 1 is 1.04 bits per heavy atom. The third-order valence-electron chi connectivity index (χ3n) is 4.20. The summed E-state index contributed by atoms with van der Waals surface area (Å²) in [6.45, 7) is 10.7. The van der Waals surface area contributed by atoms with Crippen LogP contribution in [-0.2, 0) is 0 Å². The predicted octanol–water partition coefficient (Wildman–Crippen LogP) is 4.24. The number of nitrogens with zero attached hydrogens (tertiary/aromatic N) is 2. The van der Waals surface area contributed by atoms with Crippen molar-refractivity contribution in [2.45, 2.75) is 38.9 Å². The highest BCUT2D eigenvalue weighted by Gasteiger charge is 2.39. The lowest BCUT2D eigenvalue weighted by Gasteiger charge is -2.35. The highest BCUT2D eigenvalue weighted by Crippen LogP contribution is 2.37. The molecule has 0 spiro atoms. The van der Waals surface area contributed by atoms with Crippen LogP contribution >= 0.6 is 0 Å². The van der Waals surface area contributed by atoms with Gasteiger partial charge in [0.25, 0.3) is 8.32 Å². The maximum atomic E-state index is 6.05.